The van der Waals surface area contributed by atoms with Crippen LogP contribution < -0.4 is 5.32 Å². The number of thioether (sulfide) groups is 1. The van der Waals surface area contributed by atoms with E-state index in [2.05, 4.69) is 34.5 Å². The number of halogens is 1. The maximum atomic E-state index is 13.0. The second kappa shape index (κ2) is 10.3. The summed E-state index contributed by atoms with van der Waals surface area (Å²) in [6, 6.07) is 10.9. The molecule has 0 radical (unpaired) electrons. The Bertz CT molecular complexity index is 487. The molecule has 1 saturated carbocycles. The predicted molar refractivity (Wildman–Crippen MR) is 105 cm³/mol. The van der Waals surface area contributed by atoms with Gasteiger partial charge in [-0.25, -0.2) is 0 Å². The molecule has 1 atom stereocenters. The smallest absolute Gasteiger partial charge is 0.240 e. The van der Waals surface area contributed by atoms with Gasteiger partial charge in [0.1, 0.15) is 0 Å². The molecule has 1 N–H and O–H groups in total. The number of benzene rings is 1. The molecular formula is C19H29ClN2OS. The lowest BCUT2D eigenvalue weighted by Crippen LogP contribution is -2.53. The number of nitrogens with zero attached hydrogens (tertiary/aromatic N) is 1. The number of carbonyl (C=O) groups is 1. The lowest BCUT2D eigenvalue weighted by atomic mass is 9.93. The fourth-order valence-corrected chi connectivity index (χ4v) is 4.53. The van der Waals surface area contributed by atoms with E-state index in [1.54, 1.807) is 0 Å². The fraction of sp³-hybridized carbons (Fsp3) is 0.632. The molecule has 0 spiro atoms. The normalized spacial score (nSPS) is 20.2. The Hall–Kier alpha value is -0.710. The Balaban J connectivity index is 0.00000208. The monoisotopic (exact) mass is 368 g/mol. The molecule has 1 aliphatic heterocycles. The van der Waals surface area contributed by atoms with Crippen LogP contribution >= 0.6 is 24.2 Å². The summed E-state index contributed by atoms with van der Waals surface area (Å²) in [4.78, 5) is 15.1. The van der Waals surface area contributed by atoms with Crippen LogP contribution in [0.3, 0.4) is 0 Å². The average Bonchev–Trinajstić information content (AvgIpc) is 2.63. The van der Waals surface area contributed by atoms with E-state index in [0.29, 0.717) is 11.9 Å². The molecule has 0 unspecified atom stereocenters. The molecule has 1 aromatic rings. The van der Waals surface area contributed by atoms with Crippen LogP contribution in [-0.2, 0) is 11.2 Å². The highest BCUT2D eigenvalue weighted by molar-refractivity contribution is 7.99. The first kappa shape index (κ1) is 19.6. The lowest BCUT2D eigenvalue weighted by molar-refractivity contribution is -0.133. The summed E-state index contributed by atoms with van der Waals surface area (Å²) in [7, 11) is 0. The number of rotatable bonds is 5. The van der Waals surface area contributed by atoms with Crippen LogP contribution in [0.5, 0.6) is 0 Å². The minimum Gasteiger partial charge on any atom is -0.340 e. The lowest BCUT2D eigenvalue weighted by Gasteiger charge is -2.33. The van der Waals surface area contributed by atoms with Crippen molar-refractivity contribution in [2.24, 2.45) is 0 Å². The van der Waals surface area contributed by atoms with Crippen LogP contribution in [0.1, 0.15) is 37.7 Å². The van der Waals surface area contributed by atoms with E-state index in [0.717, 1.165) is 31.0 Å². The van der Waals surface area contributed by atoms with Crippen LogP contribution in [0.25, 0.3) is 0 Å². The van der Waals surface area contributed by atoms with Crippen LogP contribution in [0.4, 0.5) is 0 Å². The van der Waals surface area contributed by atoms with E-state index < -0.39 is 0 Å². The minimum atomic E-state index is -0.0661. The average molecular weight is 369 g/mol. The minimum absolute atomic E-state index is 0. The summed E-state index contributed by atoms with van der Waals surface area (Å²) in [5.74, 6) is 2.46. The van der Waals surface area contributed by atoms with Gasteiger partial charge in [-0.3, -0.25) is 4.79 Å². The Labute approximate surface area is 156 Å². The second-order valence-corrected chi connectivity index (χ2v) is 7.91. The van der Waals surface area contributed by atoms with Gasteiger partial charge >= 0.3 is 0 Å². The largest absolute Gasteiger partial charge is 0.340 e. The molecule has 0 bridgehead atoms. The van der Waals surface area contributed by atoms with Gasteiger partial charge in [0.25, 0.3) is 0 Å². The van der Waals surface area contributed by atoms with Crippen molar-refractivity contribution in [3.8, 4) is 0 Å². The van der Waals surface area contributed by atoms with Crippen molar-refractivity contribution in [2.45, 2.75) is 50.6 Å². The molecule has 1 heterocycles. The summed E-state index contributed by atoms with van der Waals surface area (Å²) in [6.07, 6.45) is 7.18. The molecule has 1 amide bonds. The molecule has 134 valence electrons. The molecule has 0 aromatic heterocycles. The Morgan fingerprint density at radius 3 is 2.46 bits per heavy atom. The van der Waals surface area contributed by atoms with Gasteiger partial charge in [-0.05, 0) is 24.8 Å². The maximum Gasteiger partial charge on any atom is 0.240 e. The first-order valence-corrected chi connectivity index (χ1v) is 10.1. The quantitative estimate of drug-likeness (QED) is 0.863. The van der Waals surface area contributed by atoms with Crippen molar-refractivity contribution in [1.29, 1.82) is 0 Å². The van der Waals surface area contributed by atoms with Crippen molar-refractivity contribution in [3.05, 3.63) is 35.9 Å². The molecular weight excluding hydrogens is 340 g/mol. The number of hydrogen-bond donors (Lipinski definition) is 1. The molecule has 3 rings (SSSR count). The van der Waals surface area contributed by atoms with Crippen LogP contribution in [0, 0.1) is 0 Å². The number of hydrogen-bond acceptors (Lipinski definition) is 3. The number of carbonyl (C=O) groups excluding carboxylic acids is 1. The fourth-order valence-electron chi connectivity index (χ4n) is 3.63. The first-order valence-electron chi connectivity index (χ1n) is 8.99. The summed E-state index contributed by atoms with van der Waals surface area (Å²) in [6.45, 7) is 1.81. The third-order valence-electron chi connectivity index (χ3n) is 4.95. The summed E-state index contributed by atoms with van der Waals surface area (Å²) in [5.41, 5.74) is 1.25. The highest BCUT2D eigenvalue weighted by Crippen LogP contribution is 2.19. The topological polar surface area (TPSA) is 32.3 Å². The zero-order chi connectivity index (χ0) is 15.9. The standard InChI is InChI=1S/C19H28N2OS.ClH/c22-19(21-11-13-23-14-12-21)18(15-16-7-3-1-4-8-16)20-17-9-5-2-6-10-17;/h1,3-4,7-8,17-18,20H,2,5-6,9-15H2;1H/t18-;/m0./s1. The van der Waals surface area contributed by atoms with Gasteiger partial charge in [0.05, 0.1) is 6.04 Å². The summed E-state index contributed by atoms with van der Waals surface area (Å²) < 4.78 is 0. The van der Waals surface area contributed by atoms with E-state index in [9.17, 15) is 4.79 Å². The van der Waals surface area contributed by atoms with E-state index in [1.165, 1.54) is 37.7 Å². The van der Waals surface area contributed by atoms with Gasteiger partial charge in [-0.2, -0.15) is 11.8 Å². The van der Waals surface area contributed by atoms with Gasteiger partial charge in [0.15, 0.2) is 0 Å². The molecule has 3 nitrogen and oxygen atoms in total. The molecule has 5 heteroatoms. The van der Waals surface area contributed by atoms with Gasteiger partial charge < -0.3 is 10.2 Å². The van der Waals surface area contributed by atoms with Crippen LogP contribution in [0.2, 0.25) is 0 Å². The molecule has 1 saturated heterocycles. The van der Waals surface area contributed by atoms with E-state index in [4.69, 9.17) is 0 Å². The molecule has 1 aromatic carbocycles. The predicted octanol–water partition coefficient (Wildman–Crippen LogP) is 3.52. The van der Waals surface area contributed by atoms with Crippen molar-refractivity contribution in [2.75, 3.05) is 24.6 Å². The van der Waals surface area contributed by atoms with Crippen molar-refractivity contribution in [1.82, 2.24) is 10.2 Å². The van der Waals surface area contributed by atoms with Crippen molar-refractivity contribution in [3.63, 3.8) is 0 Å². The SMILES string of the molecule is Cl.O=C([C@H](Cc1ccccc1)NC1CCCCC1)N1CCSCC1. The van der Waals surface area contributed by atoms with Crippen molar-refractivity contribution < 1.29 is 4.79 Å². The summed E-state index contributed by atoms with van der Waals surface area (Å²) in [5, 5.41) is 3.70. The maximum absolute atomic E-state index is 13.0. The highest BCUT2D eigenvalue weighted by Gasteiger charge is 2.28. The Kier molecular flexibility index (Phi) is 8.43. The van der Waals surface area contributed by atoms with Gasteiger partial charge in [-0.1, -0.05) is 49.6 Å². The zero-order valence-electron chi connectivity index (χ0n) is 14.3. The van der Waals surface area contributed by atoms with Crippen LogP contribution in [-0.4, -0.2) is 47.5 Å². The molecule has 2 aliphatic rings. The van der Waals surface area contributed by atoms with E-state index in [-0.39, 0.29) is 18.4 Å². The number of nitrogens with one attached hydrogen (secondary N) is 1. The zero-order valence-corrected chi connectivity index (χ0v) is 15.9. The molecule has 1 aliphatic carbocycles. The third-order valence-corrected chi connectivity index (χ3v) is 5.89. The van der Waals surface area contributed by atoms with Gasteiger partial charge in [-0.15, -0.1) is 12.4 Å². The Morgan fingerprint density at radius 1 is 1.12 bits per heavy atom. The van der Waals surface area contributed by atoms with E-state index >= 15 is 0 Å². The molecule has 2 fully saturated rings. The number of amides is 1. The third kappa shape index (κ3) is 5.68. The van der Waals surface area contributed by atoms with E-state index in [1.807, 2.05) is 17.8 Å². The first-order chi connectivity index (χ1) is 11.3. The van der Waals surface area contributed by atoms with Gasteiger partial charge in [0, 0.05) is 30.6 Å². The Morgan fingerprint density at radius 2 is 1.79 bits per heavy atom. The van der Waals surface area contributed by atoms with Gasteiger partial charge in [0.2, 0.25) is 5.91 Å². The second-order valence-electron chi connectivity index (χ2n) is 6.68. The molecule has 24 heavy (non-hydrogen) atoms. The van der Waals surface area contributed by atoms with Crippen LogP contribution in [0.15, 0.2) is 30.3 Å². The summed E-state index contributed by atoms with van der Waals surface area (Å²) >= 11 is 1.95. The highest BCUT2D eigenvalue weighted by atomic mass is 35.5. The van der Waals surface area contributed by atoms with Crippen molar-refractivity contribution >= 4 is 30.1 Å².